The third-order valence-electron chi connectivity index (χ3n) is 2.83. The van der Waals surface area contributed by atoms with E-state index in [0.29, 0.717) is 12.1 Å². The van der Waals surface area contributed by atoms with Gasteiger partial charge in [-0.1, -0.05) is 12.1 Å². The molecule has 0 spiro atoms. The van der Waals surface area contributed by atoms with Crippen molar-refractivity contribution in [2.75, 3.05) is 0 Å². The summed E-state index contributed by atoms with van der Waals surface area (Å²) >= 11 is 1.13. The van der Waals surface area contributed by atoms with E-state index in [-0.39, 0.29) is 10.0 Å². The van der Waals surface area contributed by atoms with Crippen molar-refractivity contribution in [3.8, 4) is 0 Å². The van der Waals surface area contributed by atoms with Crippen molar-refractivity contribution in [2.24, 2.45) is 5.73 Å². The largest absolute Gasteiger partial charge is 0.326 e. The second-order valence-corrected chi connectivity index (χ2v) is 7.22. The van der Waals surface area contributed by atoms with Gasteiger partial charge in [-0.05, 0) is 41.6 Å². The summed E-state index contributed by atoms with van der Waals surface area (Å²) in [7, 11) is -3.59. The lowest BCUT2D eigenvalue weighted by Crippen LogP contribution is -2.26. The van der Waals surface area contributed by atoms with Gasteiger partial charge in [0.1, 0.15) is 10.0 Å². The predicted molar refractivity (Wildman–Crippen MR) is 77.3 cm³/mol. The zero-order chi connectivity index (χ0) is 14.8. The normalized spacial score (nSPS) is 13.3. The van der Waals surface area contributed by atoms with Gasteiger partial charge >= 0.3 is 0 Å². The lowest BCUT2D eigenvalue weighted by atomic mass is 10.1. The van der Waals surface area contributed by atoms with Gasteiger partial charge in [0.25, 0.3) is 10.0 Å². The molecule has 3 N–H and O–H groups in total. The van der Waals surface area contributed by atoms with Gasteiger partial charge in [0, 0.05) is 12.6 Å². The first kappa shape index (κ1) is 15.1. The van der Waals surface area contributed by atoms with Gasteiger partial charge in [-0.15, -0.1) is 11.3 Å². The van der Waals surface area contributed by atoms with Crippen LogP contribution in [0, 0.1) is 5.82 Å². The van der Waals surface area contributed by atoms with Crippen LogP contribution in [0.15, 0.2) is 39.9 Å². The van der Waals surface area contributed by atoms with E-state index < -0.39 is 16.1 Å². The van der Waals surface area contributed by atoms with Crippen molar-refractivity contribution in [1.29, 1.82) is 0 Å². The molecule has 0 aliphatic heterocycles. The fourth-order valence-electron chi connectivity index (χ4n) is 1.71. The topological polar surface area (TPSA) is 72.2 Å². The molecule has 4 nitrogen and oxygen atoms in total. The molecular weight excluding hydrogens is 299 g/mol. The summed E-state index contributed by atoms with van der Waals surface area (Å²) in [4.78, 5) is 0. The molecule has 0 bridgehead atoms. The summed E-state index contributed by atoms with van der Waals surface area (Å²) in [6, 6.07) is 6.84. The Kier molecular flexibility index (Phi) is 4.54. The molecule has 20 heavy (non-hydrogen) atoms. The van der Waals surface area contributed by atoms with Crippen LogP contribution in [-0.4, -0.2) is 8.42 Å². The highest BCUT2D eigenvalue weighted by molar-refractivity contribution is 7.91. The van der Waals surface area contributed by atoms with Crippen LogP contribution in [0.4, 0.5) is 4.39 Å². The van der Waals surface area contributed by atoms with Gasteiger partial charge in [0.15, 0.2) is 0 Å². The van der Waals surface area contributed by atoms with Crippen molar-refractivity contribution in [1.82, 2.24) is 4.72 Å². The number of thiophene rings is 1. The highest BCUT2D eigenvalue weighted by atomic mass is 32.2. The Balaban J connectivity index is 2.17. The van der Waals surface area contributed by atoms with Gasteiger partial charge in [0.05, 0.1) is 0 Å². The summed E-state index contributed by atoms with van der Waals surface area (Å²) < 4.78 is 40.0. The average Bonchev–Trinajstić information content (AvgIpc) is 2.88. The number of rotatable bonds is 5. The van der Waals surface area contributed by atoms with Crippen LogP contribution in [-0.2, 0) is 16.6 Å². The van der Waals surface area contributed by atoms with Crippen LogP contribution < -0.4 is 10.5 Å². The maximum atomic E-state index is 12.8. The third kappa shape index (κ3) is 3.43. The Bertz CT molecular complexity index is 681. The molecule has 0 fully saturated rings. The number of hydrogen-bond acceptors (Lipinski definition) is 4. The minimum Gasteiger partial charge on any atom is -0.326 e. The van der Waals surface area contributed by atoms with Crippen LogP contribution in [0.3, 0.4) is 0 Å². The maximum Gasteiger partial charge on any atom is 0.250 e. The zero-order valence-electron chi connectivity index (χ0n) is 10.8. The molecule has 1 aromatic carbocycles. The van der Waals surface area contributed by atoms with Gasteiger partial charge in [0.2, 0.25) is 0 Å². The second kappa shape index (κ2) is 6.01. The molecule has 0 aliphatic rings. The quantitative estimate of drug-likeness (QED) is 0.890. The van der Waals surface area contributed by atoms with E-state index in [1.54, 1.807) is 30.5 Å². The molecule has 0 amide bonds. The Hall–Kier alpha value is -1.28. The van der Waals surface area contributed by atoms with Crippen molar-refractivity contribution >= 4 is 21.4 Å². The molecule has 0 saturated heterocycles. The number of nitrogens with two attached hydrogens (primary N) is 1. The maximum absolute atomic E-state index is 12.8. The van der Waals surface area contributed by atoms with Gasteiger partial charge in [-0.2, -0.15) is 0 Å². The molecule has 1 unspecified atom stereocenters. The standard InChI is InChI=1S/C13H15FN2O2S2/c1-9(11-2-4-12(14)5-3-11)16-20(17,18)13-6-10(7-15)8-19-13/h2-6,8-9,16H,7,15H2,1H3. The summed E-state index contributed by atoms with van der Waals surface area (Å²) in [5, 5.41) is 1.72. The number of sulfonamides is 1. The van der Waals surface area contributed by atoms with E-state index in [4.69, 9.17) is 5.73 Å². The van der Waals surface area contributed by atoms with Crippen LogP contribution in [0.5, 0.6) is 0 Å². The summed E-state index contributed by atoms with van der Waals surface area (Å²) in [5.74, 6) is -0.352. The molecule has 1 atom stereocenters. The second-order valence-electron chi connectivity index (χ2n) is 4.37. The molecule has 0 radical (unpaired) electrons. The Morgan fingerprint density at radius 2 is 2.00 bits per heavy atom. The Labute approximate surface area is 121 Å². The molecule has 0 saturated carbocycles. The number of halogens is 1. The predicted octanol–water partition coefficient (Wildman–Crippen LogP) is 2.39. The third-order valence-corrected chi connectivity index (χ3v) is 5.86. The van der Waals surface area contributed by atoms with Crippen molar-refractivity contribution in [3.05, 3.63) is 52.7 Å². The van der Waals surface area contributed by atoms with Gasteiger partial charge in [-0.25, -0.2) is 17.5 Å². The van der Waals surface area contributed by atoms with Crippen LogP contribution in [0.1, 0.15) is 24.1 Å². The fourth-order valence-corrected chi connectivity index (χ4v) is 4.18. The highest BCUT2D eigenvalue weighted by Crippen LogP contribution is 2.22. The SMILES string of the molecule is CC(NS(=O)(=O)c1cc(CN)cs1)c1ccc(F)cc1. The summed E-state index contributed by atoms with van der Waals surface area (Å²) in [6.07, 6.45) is 0. The van der Waals surface area contributed by atoms with Crippen molar-refractivity contribution < 1.29 is 12.8 Å². The smallest absolute Gasteiger partial charge is 0.250 e. The first-order valence-electron chi connectivity index (χ1n) is 5.97. The van der Waals surface area contributed by atoms with E-state index in [2.05, 4.69) is 4.72 Å². The van der Waals surface area contributed by atoms with E-state index in [0.717, 1.165) is 16.9 Å². The lowest BCUT2D eigenvalue weighted by Gasteiger charge is -2.13. The monoisotopic (exact) mass is 314 g/mol. The van der Waals surface area contributed by atoms with E-state index in [1.165, 1.54) is 12.1 Å². The summed E-state index contributed by atoms with van der Waals surface area (Å²) in [5.41, 5.74) is 6.95. The summed E-state index contributed by atoms with van der Waals surface area (Å²) in [6.45, 7) is 2.02. The highest BCUT2D eigenvalue weighted by Gasteiger charge is 2.20. The fraction of sp³-hybridized carbons (Fsp3) is 0.231. The van der Waals surface area contributed by atoms with E-state index in [1.807, 2.05) is 0 Å². The van der Waals surface area contributed by atoms with E-state index >= 15 is 0 Å². The minimum atomic E-state index is -3.59. The van der Waals surface area contributed by atoms with Crippen LogP contribution in [0.25, 0.3) is 0 Å². The average molecular weight is 314 g/mol. The number of nitrogens with one attached hydrogen (secondary N) is 1. The molecular formula is C13H15FN2O2S2. The van der Waals surface area contributed by atoms with Crippen molar-refractivity contribution in [3.63, 3.8) is 0 Å². The van der Waals surface area contributed by atoms with Crippen LogP contribution in [0.2, 0.25) is 0 Å². The molecule has 1 heterocycles. The van der Waals surface area contributed by atoms with Gasteiger partial charge < -0.3 is 5.73 Å². The zero-order valence-corrected chi connectivity index (χ0v) is 12.5. The Morgan fingerprint density at radius 3 is 2.55 bits per heavy atom. The van der Waals surface area contributed by atoms with Crippen LogP contribution >= 0.6 is 11.3 Å². The van der Waals surface area contributed by atoms with E-state index in [9.17, 15) is 12.8 Å². The molecule has 7 heteroatoms. The first-order chi connectivity index (χ1) is 9.42. The van der Waals surface area contributed by atoms with Gasteiger partial charge in [-0.3, -0.25) is 0 Å². The minimum absolute atomic E-state index is 0.229. The molecule has 2 rings (SSSR count). The Morgan fingerprint density at radius 1 is 1.35 bits per heavy atom. The number of hydrogen-bond donors (Lipinski definition) is 2. The molecule has 2 aromatic rings. The lowest BCUT2D eigenvalue weighted by molar-refractivity contribution is 0.568. The number of benzene rings is 1. The molecule has 1 aromatic heterocycles. The molecule has 108 valence electrons. The van der Waals surface area contributed by atoms with Crippen molar-refractivity contribution in [2.45, 2.75) is 23.7 Å². The molecule has 0 aliphatic carbocycles. The first-order valence-corrected chi connectivity index (χ1v) is 8.34.